The minimum atomic E-state index is -0.0865. The van der Waals surface area contributed by atoms with Crippen LogP contribution in [-0.2, 0) is 24.9 Å². The molecule has 1 fully saturated rings. The van der Waals surface area contributed by atoms with Gasteiger partial charge in [0.2, 0.25) is 5.91 Å². The molecule has 0 saturated carbocycles. The largest absolute Gasteiger partial charge is 0.348 e. The van der Waals surface area contributed by atoms with Gasteiger partial charge >= 0.3 is 0 Å². The number of likely N-dealkylation sites (tertiary alicyclic amines) is 1. The van der Waals surface area contributed by atoms with Gasteiger partial charge in [0.25, 0.3) is 0 Å². The Morgan fingerprint density at radius 1 is 1.20 bits per heavy atom. The van der Waals surface area contributed by atoms with Gasteiger partial charge < -0.3 is 5.32 Å². The van der Waals surface area contributed by atoms with E-state index in [-0.39, 0.29) is 5.91 Å². The van der Waals surface area contributed by atoms with E-state index in [4.69, 9.17) is 0 Å². The van der Waals surface area contributed by atoms with E-state index in [0.29, 0.717) is 6.54 Å². The van der Waals surface area contributed by atoms with E-state index < -0.39 is 0 Å². The zero-order valence-corrected chi connectivity index (χ0v) is 14.8. The van der Waals surface area contributed by atoms with E-state index in [1.54, 1.807) is 23.0 Å². The molecule has 1 amide bonds. The number of hydrogen-bond donors (Lipinski definition) is 1. The third-order valence-corrected chi connectivity index (χ3v) is 4.57. The molecule has 1 aromatic carbocycles. The number of aryl methyl sites for hydroxylation is 1. The molecule has 0 aliphatic carbocycles. The predicted octanol–water partition coefficient (Wildman–Crippen LogP) is 2.74. The van der Waals surface area contributed by atoms with E-state index in [1.807, 2.05) is 19.3 Å². The van der Waals surface area contributed by atoms with Crippen molar-refractivity contribution in [3.63, 3.8) is 0 Å². The number of hydrogen-bond acceptors (Lipinski definition) is 3. The van der Waals surface area contributed by atoms with E-state index >= 15 is 0 Å². The molecule has 5 nitrogen and oxygen atoms in total. The number of nitrogens with zero attached hydrogens (tertiary/aromatic N) is 3. The van der Waals surface area contributed by atoms with Crippen molar-refractivity contribution in [1.29, 1.82) is 0 Å². The molecule has 1 N–H and O–H groups in total. The third kappa shape index (κ3) is 5.29. The fraction of sp³-hybridized carbons (Fsp3) is 0.400. The topological polar surface area (TPSA) is 50.2 Å². The molecule has 1 aromatic heterocycles. The number of carbonyl (C=O) groups is 1. The first-order valence-electron chi connectivity index (χ1n) is 8.94. The molecule has 3 rings (SSSR count). The molecule has 1 aliphatic heterocycles. The van der Waals surface area contributed by atoms with Crippen molar-refractivity contribution >= 4 is 12.0 Å². The summed E-state index contributed by atoms with van der Waals surface area (Å²) in [7, 11) is 1.86. The molecular formula is C20H26N4O. The van der Waals surface area contributed by atoms with Crippen molar-refractivity contribution in [2.24, 2.45) is 7.05 Å². The van der Waals surface area contributed by atoms with Gasteiger partial charge in [-0.25, -0.2) is 0 Å². The van der Waals surface area contributed by atoms with Gasteiger partial charge in [-0.1, -0.05) is 30.7 Å². The molecule has 2 heterocycles. The summed E-state index contributed by atoms with van der Waals surface area (Å²) >= 11 is 0. The zero-order chi connectivity index (χ0) is 17.5. The quantitative estimate of drug-likeness (QED) is 0.824. The van der Waals surface area contributed by atoms with Crippen molar-refractivity contribution in [3.8, 4) is 0 Å². The second kappa shape index (κ2) is 8.62. The van der Waals surface area contributed by atoms with Crippen LogP contribution in [0.25, 0.3) is 6.08 Å². The predicted molar refractivity (Wildman–Crippen MR) is 99.7 cm³/mol. The minimum absolute atomic E-state index is 0.0865. The van der Waals surface area contributed by atoms with Gasteiger partial charge in [-0.05, 0) is 43.1 Å². The molecule has 1 saturated heterocycles. The molecule has 0 spiro atoms. The first kappa shape index (κ1) is 17.4. The van der Waals surface area contributed by atoms with Gasteiger partial charge in [0, 0.05) is 38.0 Å². The monoisotopic (exact) mass is 338 g/mol. The molecule has 0 unspecified atom stereocenters. The standard InChI is InChI=1S/C20H26N4O/c1-23-15-17(13-22-23)9-10-20(25)21-14-18-7-3-4-8-19(18)16-24-11-5-2-6-12-24/h3-4,7-10,13,15H,2,5-6,11-12,14,16H2,1H3,(H,21,25)/b10-9+. The van der Waals surface area contributed by atoms with Crippen molar-refractivity contribution in [1.82, 2.24) is 20.0 Å². The Morgan fingerprint density at radius 3 is 2.68 bits per heavy atom. The Labute approximate surface area is 149 Å². The highest BCUT2D eigenvalue weighted by molar-refractivity contribution is 5.91. The SMILES string of the molecule is Cn1cc(/C=C/C(=O)NCc2ccccc2CN2CCCCC2)cn1. The minimum Gasteiger partial charge on any atom is -0.348 e. The number of piperidine rings is 1. The molecule has 5 heteroatoms. The van der Waals surface area contributed by atoms with Crippen LogP contribution in [0.15, 0.2) is 42.7 Å². The first-order valence-corrected chi connectivity index (χ1v) is 8.94. The lowest BCUT2D eigenvalue weighted by atomic mass is 10.0. The van der Waals surface area contributed by atoms with Crippen LogP contribution in [0.1, 0.15) is 36.0 Å². The highest BCUT2D eigenvalue weighted by Crippen LogP contribution is 2.16. The van der Waals surface area contributed by atoms with Crippen LogP contribution in [0.2, 0.25) is 0 Å². The smallest absolute Gasteiger partial charge is 0.244 e. The maximum Gasteiger partial charge on any atom is 0.244 e. The lowest BCUT2D eigenvalue weighted by molar-refractivity contribution is -0.116. The van der Waals surface area contributed by atoms with Gasteiger partial charge in [-0.2, -0.15) is 5.10 Å². The van der Waals surface area contributed by atoms with E-state index in [0.717, 1.165) is 12.1 Å². The second-order valence-corrected chi connectivity index (χ2v) is 6.60. The van der Waals surface area contributed by atoms with Crippen molar-refractivity contribution in [2.45, 2.75) is 32.4 Å². The molecular weight excluding hydrogens is 312 g/mol. The summed E-state index contributed by atoms with van der Waals surface area (Å²) in [5.74, 6) is -0.0865. The summed E-state index contributed by atoms with van der Waals surface area (Å²) in [6, 6.07) is 8.38. The number of rotatable bonds is 6. The van der Waals surface area contributed by atoms with Gasteiger partial charge in [0.1, 0.15) is 0 Å². The summed E-state index contributed by atoms with van der Waals surface area (Å²) in [6.07, 6.45) is 10.9. The number of carbonyl (C=O) groups excluding carboxylic acids is 1. The van der Waals surface area contributed by atoms with Crippen molar-refractivity contribution in [2.75, 3.05) is 13.1 Å². The Hall–Kier alpha value is -2.40. The molecule has 0 radical (unpaired) electrons. The maximum atomic E-state index is 12.1. The first-order chi connectivity index (χ1) is 12.2. The molecule has 0 atom stereocenters. The van der Waals surface area contributed by atoms with E-state index in [1.165, 1.54) is 43.5 Å². The highest BCUT2D eigenvalue weighted by atomic mass is 16.1. The Morgan fingerprint density at radius 2 is 1.96 bits per heavy atom. The van der Waals surface area contributed by atoms with Crippen LogP contribution >= 0.6 is 0 Å². The lowest BCUT2D eigenvalue weighted by Crippen LogP contribution is -2.30. The summed E-state index contributed by atoms with van der Waals surface area (Å²) < 4.78 is 1.72. The van der Waals surface area contributed by atoms with Crippen molar-refractivity contribution in [3.05, 3.63) is 59.4 Å². The Balaban J connectivity index is 1.55. The van der Waals surface area contributed by atoms with Crippen LogP contribution in [0.5, 0.6) is 0 Å². The fourth-order valence-electron chi connectivity index (χ4n) is 3.18. The van der Waals surface area contributed by atoms with Crippen LogP contribution < -0.4 is 5.32 Å². The molecule has 25 heavy (non-hydrogen) atoms. The third-order valence-electron chi connectivity index (χ3n) is 4.57. The normalized spacial score (nSPS) is 15.6. The summed E-state index contributed by atoms with van der Waals surface area (Å²) in [4.78, 5) is 14.6. The van der Waals surface area contributed by atoms with Gasteiger partial charge in [0.15, 0.2) is 0 Å². The number of amides is 1. The van der Waals surface area contributed by atoms with Gasteiger partial charge in [-0.15, -0.1) is 0 Å². The molecule has 132 valence electrons. The number of benzene rings is 1. The Bertz CT molecular complexity index is 729. The van der Waals surface area contributed by atoms with E-state index in [2.05, 4.69) is 33.5 Å². The van der Waals surface area contributed by atoms with Gasteiger partial charge in [-0.3, -0.25) is 14.4 Å². The van der Waals surface area contributed by atoms with E-state index in [9.17, 15) is 4.79 Å². The van der Waals surface area contributed by atoms with Gasteiger partial charge in [0.05, 0.1) is 6.20 Å². The average Bonchev–Trinajstić information content (AvgIpc) is 3.05. The summed E-state index contributed by atoms with van der Waals surface area (Å²) in [5, 5.41) is 7.07. The second-order valence-electron chi connectivity index (χ2n) is 6.60. The summed E-state index contributed by atoms with van der Waals surface area (Å²) in [5.41, 5.74) is 3.42. The van der Waals surface area contributed by atoms with Crippen molar-refractivity contribution < 1.29 is 4.79 Å². The fourth-order valence-corrected chi connectivity index (χ4v) is 3.18. The highest BCUT2D eigenvalue weighted by Gasteiger charge is 2.12. The molecule has 1 aliphatic rings. The average molecular weight is 338 g/mol. The lowest BCUT2D eigenvalue weighted by Gasteiger charge is -2.27. The maximum absolute atomic E-state index is 12.1. The number of nitrogens with one attached hydrogen (secondary N) is 1. The Kier molecular flexibility index (Phi) is 6.01. The van der Waals surface area contributed by atoms with Crippen LogP contribution in [0, 0.1) is 0 Å². The summed E-state index contributed by atoms with van der Waals surface area (Å²) in [6.45, 7) is 3.88. The van der Waals surface area contributed by atoms with Crippen LogP contribution in [0.3, 0.4) is 0 Å². The zero-order valence-electron chi connectivity index (χ0n) is 14.8. The van der Waals surface area contributed by atoms with Crippen LogP contribution in [0.4, 0.5) is 0 Å². The molecule has 0 bridgehead atoms. The molecule has 2 aromatic rings. The number of aromatic nitrogens is 2. The van der Waals surface area contributed by atoms with Crippen LogP contribution in [-0.4, -0.2) is 33.7 Å².